The van der Waals surface area contributed by atoms with Crippen LogP contribution in [-0.4, -0.2) is 39.6 Å². The number of hydrogen-bond donors (Lipinski definition) is 1. The molecule has 0 bridgehead atoms. The minimum absolute atomic E-state index is 0.105. The van der Waals surface area contributed by atoms with Crippen LogP contribution >= 0.6 is 0 Å². The van der Waals surface area contributed by atoms with Crippen LogP contribution < -0.4 is 10.2 Å². The van der Waals surface area contributed by atoms with E-state index in [1.54, 1.807) is 6.07 Å². The van der Waals surface area contributed by atoms with E-state index in [4.69, 9.17) is 0 Å². The highest BCUT2D eigenvalue weighted by molar-refractivity contribution is 7.91. The molecule has 21 heavy (non-hydrogen) atoms. The van der Waals surface area contributed by atoms with Gasteiger partial charge in [-0.05, 0) is 32.0 Å². The lowest BCUT2D eigenvalue weighted by molar-refractivity contribution is 0.539. The van der Waals surface area contributed by atoms with Crippen molar-refractivity contribution in [2.24, 2.45) is 0 Å². The van der Waals surface area contributed by atoms with Gasteiger partial charge in [-0.2, -0.15) is 0 Å². The van der Waals surface area contributed by atoms with Crippen molar-refractivity contribution in [2.45, 2.75) is 26.3 Å². The van der Waals surface area contributed by atoms with Crippen LogP contribution in [0.25, 0.3) is 0 Å². The van der Waals surface area contributed by atoms with Gasteiger partial charge in [-0.1, -0.05) is 13.0 Å². The van der Waals surface area contributed by atoms with Crippen LogP contribution in [-0.2, 0) is 9.84 Å². The standard InChI is InChI=1S/C15H23FN2O2S/c1-3-17-12(2)15-13(16)6-4-7-14(15)18-8-5-10-21(19,20)11-9-18/h4,6-7,12,17H,3,5,8-11H2,1-2H3. The molecule has 1 N–H and O–H groups in total. The molecule has 1 aliphatic rings. The van der Waals surface area contributed by atoms with Gasteiger partial charge >= 0.3 is 0 Å². The van der Waals surface area contributed by atoms with Crippen LogP contribution in [0.1, 0.15) is 31.9 Å². The predicted molar refractivity (Wildman–Crippen MR) is 84.0 cm³/mol. The lowest BCUT2D eigenvalue weighted by atomic mass is 10.0. The van der Waals surface area contributed by atoms with Gasteiger partial charge in [0.25, 0.3) is 0 Å². The molecule has 0 aromatic heterocycles. The number of anilines is 1. The molecule has 118 valence electrons. The Morgan fingerprint density at radius 2 is 2.10 bits per heavy atom. The monoisotopic (exact) mass is 314 g/mol. The second-order valence-electron chi connectivity index (χ2n) is 5.44. The average Bonchev–Trinajstić information content (AvgIpc) is 2.59. The SMILES string of the molecule is CCNC(C)c1c(F)cccc1N1CCCS(=O)(=O)CC1. The normalized spacial score (nSPS) is 20.0. The van der Waals surface area contributed by atoms with Crippen molar-refractivity contribution >= 4 is 15.5 Å². The minimum Gasteiger partial charge on any atom is -0.370 e. The number of nitrogens with one attached hydrogen (secondary N) is 1. The summed E-state index contributed by atoms with van der Waals surface area (Å²) in [6, 6.07) is 4.92. The Morgan fingerprint density at radius 3 is 2.81 bits per heavy atom. The molecule has 1 aromatic carbocycles. The van der Waals surface area contributed by atoms with E-state index >= 15 is 0 Å². The smallest absolute Gasteiger partial charge is 0.152 e. The van der Waals surface area contributed by atoms with Gasteiger partial charge in [-0.15, -0.1) is 0 Å². The van der Waals surface area contributed by atoms with Crippen molar-refractivity contribution in [3.8, 4) is 0 Å². The van der Waals surface area contributed by atoms with E-state index < -0.39 is 9.84 Å². The Bertz CT molecular complexity index is 589. The van der Waals surface area contributed by atoms with Crippen molar-refractivity contribution in [3.63, 3.8) is 0 Å². The number of sulfone groups is 1. The second-order valence-corrected chi connectivity index (χ2v) is 7.75. The van der Waals surface area contributed by atoms with Crippen LogP contribution in [0.5, 0.6) is 0 Å². The Balaban J connectivity index is 2.32. The second kappa shape index (κ2) is 6.75. The molecule has 6 heteroatoms. The van der Waals surface area contributed by atoms with Crippen LogP contribution in [0, 0.1) is 5.82 Å². The highest BCUT2D eigenvalue weighted by atomic mass is 32.2. The Hall–Kier alpha value is -1.14. The van der Waals surface area contributed by atoms with Crippen molar-refractivity contribution < 1.29 is 12.8 Å². The van der Waals surface area contributed by atoms with Crippen molar-refractivity contribution in [2.75, 3.05) is 36.0 Å². The molecule has 2 rings (SSSR count). The summed E-state index contributed by atoms with van der Waals surface area (Å²) < 4.78 is 37.7. The van der Waals surface area contributed by atoms with E-state index in [0.29, 0.717) is 25.1 Å². The van der Waals surface area contributed by atoms with Gasteiger partial charge in [-0.3, -0.25) is 0 Å². The third-order valence-electron chi connectivity index (χ3n) is 3.87. The van der Waals surface area contributed by atoms with E-state index in [9.17, 15) is 12.8 Å². The molecule has 1 heterocycles. The van der Waals surface area contributed by atoms with Gasteiger partial charge in [0.05, 0.1) is 11.5 Å². The number of hydrogen-bond acceptors (Lipinski definition) is 4. The topological polar surface area (TPSA) is 49.4 Å². The first kappa shape index (κ1) is 16.2. The largest absolute Gasteiger partial charge is 0.370 e. The first-order valence-electron chi connectivity index (χ1n) is 7.42. The minimum atomic E-state index is -2.96. The van der Waals surface area contributed by atoms with Crippen molar-refractivity contribution in [1.82, 2.24) is 5.32 Å². The summed E-state index contributed by atoms with van der Waals surface area (Å²) in [6.07, 6.45) is 0.591. The number of rotatable bonds is 4. The summed E-state index contributed by atoms with van der Waals surface area (Å²) in [5.41, 5.74) is 1.43. The number of benzene rings is 1. The van der Waals surface area contributed by atoms with E-state index in [1.807, 2.05) is 24.8 Å². The van der Waals surface area contributed by atoms with Gasteiger partial charge in [0.1, 0.15) is 5.82 Å². The summed E-state index contributed by atoms with van der Waals surface area (Å²) in [5, 5.41) is 3.23. The fourth-order valence-electron chi connectivity index (χ4n) is 2.82. The number of halogens is 1. The van der Waals surface area contributed by atoms with Gasteiger partial charge in [0.2, 0.25) is 0 Å². The van der Waals surface area contributed by atoms with Crippen molar-refractivity contribution in [1.29, 1.82) is 0 Å². The van der Waals surface area contributed by atoms with Crippen LogP contribution in [0.3, 0.4) is 0 Å². The Morgan fingerprint density at radius 1 is 1.33 bits per heavy atom. The summed E-state index contributed by atoms with van der Waals surface area (Å²) in [4.78, 5) is 2.00. The molecule has 0 spiro atoms. The van der Waals surface area contributed by atoms with Gasteiger partial charge in [0.15, 0.2) is 9.84 Å². The van der Waals surface area contributed by atoms with E-state index in [2.05, 4.69) is 5.32 Å². The van der Waals surface area contributed by atoms with Gasteiger partial charge < -0.3 is 10.2 Å². The van der Waals surface area contributed by atoms with E-state index in [0.717, 1.165) is 12.2 Å². The van der Waals surface area contributed by atoms with E-state index in [-0.39, 0.29) is 23.4 Å². The molecule has 0 amide bonds. The van der Waals surface area contributed by atoms with Crippen molar-refractivity contribution in [3.05, 3.63) is 29.6 Å². The molecule has 0 aliphatic carbocycles. The van der Waals surface area contributed by atoms with Crippen LogP contribution in [0.4, 0.5) is 10.1 Å². The molecular weight excluding hydrogens is 291 g/mol. The Kier molecular flexibility index (Phi) is 5.22. The molecular formula is C15H23FN2O2S. The molecule has 1 fully saturated rings. The van der Waals surface area contributed by atoms with Gasteiger partial charge in [0, 0.05) is 30.4 Å². The summed E-state index contributed by atoms with van der Waals surface area (Å²) >= 11 is 0. The molecule has 0 saturated carbocycles. The molecule has 1 aliphatic heterocycles. The zero-order valence-corrected chi connectivity index (χ0v) is 13.4. The quantitative estimate of drug-likeness (QED) is 0.925. The molecule has 0 radical (unpaired) electrons. The van der Waals surface area contributed by atoms with Gasteiger partial charge in [-0.25, -0.2) is 12.8 Å². The maximum Gasteiger partial charge on any atom is 0.152 e. The highest BCUT2D eigenvalue weighted by Gasteiger charge is 2.23. The lowest BCUT2D eigenvalue weighted by Gasteiger charge is -2.27. The first-order chi connectivity index (χ1) is 9.94. The maximum atomic E-state index is 14.2. The van der Waals surface area contributed by atoms with Crippen LogP contribution in [0.15, 0.2) is 18.2 Å². The first-order valence-corrected chi connectivity index (χ1v) is 9.24. The molecule has 1 atom stereocenters. The summed E-state index contributed by atoms with van der Waals surface area (Å²) in [6.45, 7) is 5.74. The van der Waals surface area contributed by atoms with E-state index in [1.165, 1.54) is 6.07 Å². The maximum absolute atomic E-state index is 14.2. The third kappa shape index (κ3) is 3.95. The Labute approximate surface area is 126 Å². The molecule has 1 aromatic rings. The zero-order valence-electron chi connectivity index (χ0n) is 12.6. The fourth-order valence-corrected chi connectivity index (χ4v) is 4.09. The van der Waals surface area contributed by atoms with Crippen LogP contribution in [0.2, 0.25) is 0 Å². The highest BCUT2D eigenvalue weighted by Crippen LogP contribution is 2.30. The summed E-state index contributed by atoms with van der Waals surface area (Å²) in [7, 11) is -2.96. The number of nitrogens with zero attached hydrogens (tertiary/aromatic N) is 1. The third-order valence-corrected chi connectivity index (χ3v) is 5.58. The zero-order chi connectivity index (χ0) is 15.5. The fraction of sp³-hybridized carbons (Fsp3) is 0.600. The molecule has 1 saturated heterocycles. The lowest BCUT2D eigenvalue weighted by Crippen LogP contribution is -2.30. The average molecular weight is 314 g/mol. The predicted octanol–water partition coefficient (Wildman–Crippen LogP) is 2.12. The summed E-state index contributed by atoms with van der Waals surface area (Å²) in [5.74, 6) is 0.114. The molecule has 4 nitrogen and oxygen atoms in total. The molecule has 1 unspecified atom stereocenters.